The Morgan fingerprint density at radius 3 is 2.00 bits per heavy atom. The second-order valence-electron chi connectivity index (χ2n) is 7.93. The van der Waals surface area contributed by atoms with Crippen molar-refractivity contribution in [3.8, 4) is 0 Å². The number of carbonyl (C=O) groups excluding carboxylic acids is 4. The second kappa shape index (κ2) is 10.0. The van der Waals surface area contributed by atoms with Gasteiger partial charge in [-0.15, -0.1) is 0 Å². The largest absolute Gasteiger partial charge is 0.454 e. The van der Waals surface area contributed by atoms with Crippen LogP contribution in [0.1, 0.15) is 31.8 Å². The number of imide groups is 1. The molecule has 1 unspecified atom stereocenters. The van der Waals surface area contributed by atoms with E-state index in [1.807, 2.05) is 0 Å². The average molecular weight is 496 g/mol. The lowest BCUT2D eigenvalue weighted by Crippen LogP contribution is -2.47. The molecule has 36 heavy (non-hydrogen) atoms. The number of ether oxygens (including phenoxy) is 1. The van der Waals surface area contributed by atoms with Crippen molar-refractivity contribution in [2.75, 3.05) is 11.9 Å². The summed E-state index contributed by atoms with van der Waals surface area (Å²) in [6.45, 7) is -0.917. The van der Waals surface area contributed by atoms with Crippen LogP contribution in [0.5, 0.6) is 0 Å². The third kappa shape index (κ3) is 5.12. The summed E-state index contributed by atoms with van der Waals surface area (Å²) in [5.41, 5.74) is -0.658. The summed E-state index contributed by atoms with van der Waals surface area (Å²) in [4.78, 5) is 52.1. The Morgan fingerprint density at radius 2 is 1.39 bits per heavy atom. The maximum Gasteiger partial charge on any atom is 0.418 e. The number of nitrogens with zero attached hydrogens (tertiary/aromatic N) is 1. The first-order valence-corrected chi connectivity index (χ1v) is 10.8. The standard InChI is InChI=1S/C26H19F3N2O5/c27-26(28,29)19-12-6-7-13-20(19)30-22(32)15-36-25(35)21(14-16-8-2-1-3-9-16)31-23(33)17-10-4-5-11-18(17)24(31)34/h1-13,21H,14-15H2,(H,30,32). The molecule has 0 aromatic heterocycles. The molecule has 1 aliphatic heterocycles. The van der Waals surface area contributed by atoms with Crippen molar-refractivity contribution in [2.24, 2.45) is 0 Å². The van der Waals surface area contributed by atoms with E-state index in [2.05, 4.69) is 5.32 Å². The minimum atomic E-state index is -4.70. The summed E-state index contributed by atoms with van der Waals surface area (Å²) in [5, 5.41) is 2.08. The number of benzene rings is 3. The molecule has 1 aliphatic rings. The normalized spacial score (nSPS) is 13.8. The maximum absolute atomic E-state index is 13.2. The lowest BCUT2D eigenvalue weighted by atomic mass is 10.0. The highest BCUT2D eigenvalue weighted by Gasteiger charge is 2.43. The van der Waals surface area contributed by atoms with Crippen LogP contribution >= 0.6 is 0 Å². The van der Waals surface area contributed by atoms with Crippen LogP contribution in [-0.4, -0.2) is 41.2 Å². The fraction of sp³-hybridized carbons (Fsp3) is 0.154. The van der Waals surface area contributed by atoms with E-state index in [-0.39, 0.29) is 17.5 Å². The predicted octanol–water partition coefficient (Wildman–Crippen LogP) is 4.09. The zero-order valence-electron chi connectivity index (χ0n) is 18.6. The number of fused-ring (bicyclic) bond motifs is 1. The quantitative estimate of drug-likeness (QED) is 0.393. The molecule has 3 aromatic rings. The van der Waals surface area contributed by atoms with Gasteiger partial charge in [0.1, 0.15) is 6.04 Å². The van der Waals surface area contributed by atoms with Gasteiger partial charge in [-0.2, -0.15) is 13.2 Å². The molecule has 7 nitrogen and oxygen atoms in total. The monoisotopic (exact) mass is 496 g/mol. The van der Waals surface area contributed by atoms with Crippen LogP contribution in [0.4, 0.5) is 18.9 Å². The van der Waals surface area contributed by atoms with Crippen LogP contribution in [0.3, 0.4) is 0 Å². The lowest BCUT2D eigenvalue weighted by Gasteiger charge is -2.24. The molecule has 1 atom stereocenters. The van der Waals surface area contributed by atoms with Gasteiger partial charge in [0.05, 0.1) is 22.4 Å². The van der Waals surface area contributed by atoms with Gasteiger partial charge < -0.3 is 10.1 Å². The van der Waals surface area contributed by atoms with Crippen LogP contribution in [0.2, 0.25) is 0 Å². The summed E-state index contributed by atoms with van der Waals surface area (Å²) >= 11 is 0. The summed E-state index contributed by atoms with van der Waals surface area (Å²) in [6.07, 6.45) is -4.78. The molecule has 3 aromatic carbocycles. The predicted molar refractivity (Wildman–Crippen MR) is 122 cm³/mol. The van der Waals surface area contributed by atoms with Crippen molar-refractivity contribution in [1.29, 1.82) is 0 Å². The fourth-order valence-electron chi connectivity index (χ4n) is 3.87. The number of nitrogens with one attached hydrogen (secondary N) is 1. The molecule has 3 amide bonds. The van der Waals surface area contributed by atoms with E-state index in [4.69, 9.17) is 4.74 Å². The molecular weight excluding hydrogens is 477 g/mol. The molecule has 0 fully saturated rings. The van der Waals surface area contributed by atoms with Gasteiger partial charge in [0, 0.05) is 6.42 Å². The number of hydrogen-bond acceptors (Lipinski definition) is 5. The molecule has 10 heteroatoms. The highest BCUT2D eigenvalue weighted by atomic mass is 19.4. The Morgan fingerprint density at radius 1 is 0.833 bits per heavy atom. The van der Waals surface area contributed by atoms with E-state index >= 15 is 0 Å². The minimum Gasteiger partial charge on any atom is -0.454 e. The first-order valence-electron chi connectivity index (χ1n) is 10.8. The molecular formula is C26H19F3N2O5. The van der Waals surface area contributed by atoms with Crippen molar-refractivity contribution in [2.45, 2.75) is 18.6 Å². The number of rotatable bonds is 7. The van der Waals surface area contributed by atoms with Crippen molar-refractivity contribution < 1.29 is 37.1 Å². The van der Waals surface area contributed by atoms with Crippen molar-refractivity contribution >= 4 is 29.4 Å². The topological polar surface area (TPSA) is 92.8 Å². The molecule has 0 saturated heterocycles. The lowest BCUT2D eigenvalue weighted by molar-refractivity contribution is -0.151. The summed E-state index contributed by atoms with van der Waals surface area (Å²) < 4.78 is 44.6. The number of hydrogen-bond donors (Lipinski definition) is 1. The third-order valence-corrected chi connectivity index (χ3v) is 5.53. The van der Waals surface area contributed by atoms with Crippen molar-refractivity contribution in [1.82, 2.24) is 4.90 Å². The molecule has 0 aliphatic carbocycles. The average Bonchev–Trinajstić information content (AvgIpc) is 3.11. The number of halogens is 3. The Balaban J connectivity index is 1.51. The molecule has 1 N–H and O–H groups in total. The number of anilines is 1. The number of carbonyl (C=O) groups is 4. The Kier molecular flexibility index (Phi) is 6.86. The maximum atomic E-state index is 13.2. The molecule has 1 heterocycles. The van der Waals surface area contributed by atoms with Gasteiger partial charge in [0.25, 0.3) is 17.7 Å². The Hall–Kier alpha value is -4.47. The summed E-state index contributed by atoms with van der Waals surface area (Å²) in [6, 6.07) is 17.6. The number of para-hydroxylation sites is 1. The van der Waals surface area contributed by atoms with Gasteiger partial charge in [0.2, 0.25) is 0 Å². The zero-order valence-corrected chi connectivity index (χ0v) is 18.6. The van der Waals surface area contributed by atoms with Gasteiger partial charge in [-0.05, 0) is 29.8 Å². The van der Waals surface area contributed by atoms with Crippen LogP contribution in [0.15, 0.2) is 78.9 Å². The van der Waals surface area contributed by atoms with Gasteiger partial charge in [-0.1, -0.05) is 54.6 Å². The van der Waals surface area contributed by atoms with Gasteiger partial charge in [0.15, 0.2) is 6.61 Å². The van der Waals surface area contributed by atoms with Crippen molar-refractivity contribution in [3.05, 3.63) is 101 Å². The van der Waals surface area contributed by atoms with Gasteiger partial charge in [-0.25, -0.2) is 4.79 Å². The summed E-state index contributed by atoms with van der Waals surface area (Å²) in [5.74, 6) is -3.43. The second-order valence-corrected chi connectivity index (χ2v) is 7.93. The van der Waals surface area contributed by atoms with Crippen LogP contribution in [0.25, 0.3) is 0 Å². The first-order chi connectivity index (χ1) is 17.2. The van der Waals surface area contributed by atoms with E-state index in [0.29, 0.717) is 5.56 Å². The molecule has 0 saturated carbocycles. The van der Waals surface area contributed by atoms with E-state index in [0.717, 1.165) is 17.0 Å². The van der Waals surface area contributed by atoms with Crippen molar-refractivity contribution in [3.63, 3.8) is 0 Å². The molecule has 0 radical (unpaired) electrons. The van der Waals surface area contributed by atoms with Crippen LogP contribution in [0, 0.1) is 0 Å². The third-order valence-electron chi connectivity index (χ3n) is 5.53. The van der Waals surface area contributed by atoms with Gasteiger partial charge in [-0.3, -0.25) is 19.3 Å². The van der Waals surface area contributed by atoms with E-state index in [9.17, 15) is 32.3 Å². The van der Waals surface area contributed by atoms with Crippen LogP contribution in [-0.2, 0) is 26.9 Å². The number of amides is 3. The Labute approximate surface area is 203 Å². The number of alkyl halides is 3. The highest BCUT2D eigenvalue weighted by Crippen LogP contribution is 2.34. The van der Waals surface area contributed by atoms with E-state index in [1.54, 1.807) is 42.5 Å². The molecule has 4 rings (SSSR count). The summed E-state index contributed by atoms with van der Waals surface area (Å²) in [7, 11) is 0. The smallest absolute Gasteiger partial charge is 0.418 e. The zero-order chi connectivity index (χ0) is 25.9. The Bertz CT molecular complexity index is 1290. The first kappa shape index (κ1) is 24.6. The van der Waals surface area contributed by atoms with E-state index in [1.165, 1.54) is 24.3 Å². The van der Waals surface area contributed by atoms with Gasteiger partial charge >= 0.3 is 12.1 Å². The molecule has 0 spiro atoms. The van der Waals surface area contributed by atoms with E-state index < -0.39 is 53.8 Å². The van der Waals surface area contributed by atoms with Crippen LogP contribution < -0.4 is 5.32 Å². The highest BCUT2D eigenvalue weighted by molar-refractivity contribution is 6.22. The molecule has 0 bridgehead atoms. The SMILES string of the molecule is O=C(COC(=O)C(Cc1ccccc1)N1C(=O)c2ccccc2C1=O)Nc1ccccc1C(F)(F)F. The fourth-order valence-corrected chi connectivity index (χ4v) is 3.87. The molecule has 184 valence electrons. The minimum absolute atomic E-state index is 0.0797. The number of esters is 1.